The van der Waals surface area contributed by atoms with Crippen LogP contribution in [0.2, 0.25) is 0 Å². The van der Waals surface area contributed by atoms with E-state index in [1.54, 1.807) is 7.05 Å². The predicted octanol–water partition coefficient (Wildman–Crippen LogP) is 0.405. The number of sulfone groups is 1. The van der Waals surface area contributed by atoms with Gasteiger partial charge in [0.15, 0.2) is 15.8 Å². The van der Waals surface area contributed by atoms with Crippen molar-refractivity contribution in [2.45, 2.75) is 50.6 Å². The van der Waals surface area contributed by atoms with Crippen LogP contribution in [0.15, 0.2) is 4.99 Å². The van der Waals surface area contributed by atoms with Gasteiger partial charge in [-0.25, -0.2) is 8.42 Å². The van der Waals surface area contributed by atoms with Gasteiger partial charge in [-0.05, 0) is 19.3 Å². The molecule has 23 heavy (non-hydrogen) atoms. The van der Waals surface area contributed by atoms with E-state index in [9.17, 15) is 13.2 Å². The fourth-order valence-electron chi connectivity index (χ4n) is 2.96. The zero-order valence-corrected chi connectivity index (χ0v) is 16.7. The van der Waals surface area contributed by atoms with Gasteiger partial charge in [-0.3, -0.25) is 9.79 Å². The number of carbonyl (C=O) groups excluding carboxylic acids is 1. The number of amides is 1. The SMILES string of the molecule is CN=C(NCCC(=O)NC1CCCC1)NC1CCS(=O)(=O)C1.I. The summed E-state index contributed by atoms with van der Waals surface area (Å²) in [4.78, 5) is 15.9. The molecule has 0 radical (unpaired) electrons. The lowest BCUT2D eigenvalue weighted by molar-refractivity contribution is -0.121. The fraction of sp³-hybridized carbons (Fsp3) is 0.857. The lowest BCUT2D eigenvalue weighted by Gasteiger charge is -2.16. The molecule has 9 heteroatoms. The summed E-state index contributed by atoms with van der Waals surface area (Å²) >= 11 is 0. The first kappa shape index (κ1) is 20.5. The van der Waals surface area contributed by atoms with Gasteiger partial charge >= 0.3 is 0 Å². The molecule has 0 spiro atoms. The van der Waals surface area contributed by atoms with Crippen LogP contribution >= 0.6 is 24.0 Å². The van der Waals surface area contributed by atoms with E-state index in [0.717, 1.165) is 12.8 Å². The van der Waals surface area contributed by atoms with E-state index in [-0.39, 0.29) is 47.4 Å². The summed E-state index contributed by atoms with van der Waals surface area (Å²) in [5.41, 5.74) is 0. The van der Waals surface area contributed by atoms with Crippen molar-refractivity contribution < 1.29 is 13.2 Å². The summed E-state index contributed by atoms with van der Waals surface area (Å²) in [6, 6.07) is 0.247. The Bertz CT molecular complexity index is 518. The first-order chi connectivity index (χ1) is 10.5. The fourth-order valence-corrected chi connectivity index (χ4v) is 4.63. The molecule has 0 aromatic heterocycles. The van der Waals surface area contributed by atoms with Gasteiger partial charge in [-0.15, -0.1) is 24.0 Å². The van der Waals surface area contributed by atoms with Crippen molar-refractivity contribution in [3.05, 3.63) is 0 Å². The van der Waals surface area contributed by atoms with Gasteiger partial charge in [-0.2, -0.15) is 0 Å². The molecule has 1 aliphatic carbocycles. The van der Waals surface area contributed by atoms with Crippen molar-refractivity contribution in [1.29, 1.82) is 0 Å². The minimum atomic E-state index is -2.91. The molecule has 7 nitrogen and oxygen atoms in total. The predicted molar refractivity (Wildman–Crippen MR) is 102 cm³/mol. The maximum Gasteiger partial charge on any atom is 0.221 e. The highest BCUT2D eigenvalue weighted by molar-refractivity contribution is 14.0. The number of carbonyl (C=O) groups is 1. The Hall–Kier alpha value is -0.580. The summed E-state index contributed by atoms with van der Waals surface area (Å²) in [7, 11) is -1.27. The van der Waals surface area contributed by atoms with Crippen LogP contribution in [0.1, 0.15) is 38.5 Å². The molecule has 0 aromatic carbocycles. The molecular weight excluding hydrogens is 431 g/mol. The van der Waals surface area contributed by atoms with Crippen molar-refractivity contribution >= 4 is 45.7 Å². The number of nitrogens with one attached hydrogen (secondary N) is 3. The van der Waals surface area contributed by atoms with E-state index in [4.69, 9.17) is 0 Å². The van der Waals surface area contributed by atoms with Crippen LogP contribution in [-0.2, 0) is 14.6 Å². The van der Waals surface area contributed by atoms with Crippen LogP contribution < -0.4 is 16.0 Å². The van der Waals surface area contributed by atoms with E-state index >= 15 is 0 Å². The smallest absolute Gasteiger partial charge is 0.221 e. The third-order valence-corrected chi connectivity index (χ3v) is 5.93. The van der Waals surface area contributed by atoms with Crippen LogP contribution in [0.5, 0.6) is 0 Å². The second-order valence-corrected chi connectivity index (χ2v) is 8.27. The van der Waals surface area contributed by atoms with E-state index in [0.29, 0.717) is 31.4 Å². The Morgan fingerprint density at radius 3 is 2.39 bits per heavy atom. The Balaban J connectivity index is 0.00000264. The van der Waals surface area contributed by atoms with Crippen molar-refractivity contribution in [2.75, 3.05) is 25.1 Å². The first-order valence-electron chi connectivity index (χ1n) is 7.95. The number of rotatable bonds is 5. The third-order valence-electron chi connectivity index (χ3n) is 4.16. The maximum absolute atomic E-state index is 11.8. The molecule has 1 unspecified atom stereocenters. The largest absolute Gasteiger partial charge is 0.356 e. The van der Waals surface area contributed by atoms with Gasteiger partial charge < -0.3 is 16.0 Å². The molecule has 2 rings (SSSR count). The number of halogens is 1. The van der Waals surface area contributed by atoms with Gasteiger partial charge in [0.05, 0.1) is 11.5 Å². The molecule has 0 bridgehead atoms. The minimum absolute atomic E-state index is 0. The summed E-state index contributed by atoms with van der Waals surface area (Å²) in [5, 5.41) is 9.19. The van der Waals surface area contributed by atoms with E-state index in [1.165, 1.54) is 12.8 Å². The second kappa shape index (κ2) is 9.65. The van der Waals surface area contributed by atoms with Crippen LogP contribution in [0, 0.1) is 0 Å². The van der Waals surface area contributed by atoms with Crippen LogP contribution in [0.4, 0.5) is 0 Å². The molecular formula is C14H27IN4O3S. The van der Waals surface area contributed by atoms with Crippen LogP contribution in [-0.4, -0.2) is 57.5 Å². The van der Waals surface area contributed by atoms with Crippen molar-refractivity contribution in [3.8, 4) is 0 Å². The minimum Gasteiger partial charge on any atom is -0.356 e. The van der Waals surface area contributed by atoms with Gasteiger partial charge in [0.1, 0.15) is 0 Å². The zero-order valence-electron chi connectivity index (χ0n) is 13.5. The molecule has 2 aliphatic rings. The van der Waals surface area contributed by atoms with Crippen LogP contribution in [0.3, 0.4) is 0 Å². The Labute approximate surface area is 155 Å². The molecule has 1 saturated heterocycles. The number of nitrogens with zero attached hydrogens (tertiary/aromatic N) is 1. The number of aliphatic imine (C=N–C) groups is 1. The average molecular weight is 458 g/mol. The van der Waals surface area contributed by atoms with Gasteiger partial charge in [0, 0.05) is 32.1 Å². The highest BCUT2D eigenvalue weighted by Crippen LogP contribution is 2.17. The summed E-state index contributed by atoms with van der Waals surface area (Å²) in [6.45, 7) is 0.484. The number of guanidine groups is 1. The number of hydrogen-bond acceptors (Lipinski definition) is 4. The molecule has 134 valence electrons. The Kier molecular flexibility index (Phi) is 8.59. The topological polar surface area (TPSA) is 99.7 Å². The Morgan fingerprint density at radius 2 is 1.83 bits per heavy atom. The quantitative estimate of drug-likeness (QED) is 0.315. The average Bonchev–Trinajstić information content (AvgIpc) is 3.07. The standard InChI is InChI=1S/C14H26N4O3S.HI/c1-15-14(18-12-7-9-22(20,21)10-12)16-8-6-13(19)17-11-4-2-3-5-11;/h11-12H,2-10H2,1H3,(H,17,19)(H2,15,16,18);1H. The zero-order chi connectivity index (χ0) is 16.0. The van der Waals surface area contributed by atoms with E-state index in [1.807, 2.05) is 0 Å². The molecule has 0 aromatic rings. The highest BCUT2D eigenvalue weighted by atomic mass is 127. The molecule has 2 fully saturated rings. The van der Waals surface area contributed by atoms with Crippen LogP contribution in [0.25, 0.3) is 0 Å². The maximum atomic E-state index is 11.8. The summed E-state index contributed by atoms with van der Waals surface area (Å²) in [5.74, 6) is 0.982. The van der Waals surface area contributed by atoms with E-state index < -0.39 is 9.84 Å². The molecule has 1 saturated carbocycles. The second-order valence-electron chi connectivity index (χ2n) is 6.04. The third kappa shape index (κ3) is 7.23. The monoisotopic (exact) mass is 458 g/mol. The lowest BCUT2D eigenvalue weighted by Crippen LogP contribution is -2.45. The first-order valence-corrected chi connectivity index (χ1v) is 9.77. The number of hydrogen-bond donors (Lipinski definition) is 3. The van der Waals surface area contributed by atoms with Gasteiger partial charge in [0.2, 0.25) is 5.91 Å². The van der Waals surface area contributed by atoms with Crippen molar-refractivity contribution in [3.63, 3.8) is 0 Å². The normalized spacial score (nSPS) is 24.0. The van der Waals surface area contributed by atoms with Gasteiger partial charge in [-0.1, -0.05) is 12.8 Å². The van der Waals surface area contributed by atoms with Crippen molar-refractivity contribution in [1.82, 2.24) is 16.0 Å². The molecule has 1 heterocycles. The Morgan fingerprint density at radius 1 is 1.13 bits per heavy atom. The molecule has 1 atom stereocenters. The highest BCUT2D eigenvalue weighted by Gasteiger charge is 2.28. The van der Waals surface area contributed by atoms with Crippen molar-refractivity contribution in [2.24, 2.45) is 4.99 Å². The molecule has 3 N–H and O–H groups in total. The van der Waals surface area contributed by atoms with E-state index in [2.05, 4.69) is 20.9 Å². The summed E-state index contributed by atoms with van der Waals surface area (Å²) < 4.78 is 22.9. The van der Waals surface area contributed by atoms with Gasteiger partial charge in [0.25, 0.3) is 0 Å². The lowest BCUT2D eigenvalue weighted by atomic mass is 10.2. The summed E-state index contributed by atoms with van der Waals surface area (Å²) in [6.07, 6.45) is 5.55. The molecule has 1 amide bonds. The molecule has 1 aliphatic heterocycles.